The Hall–Kier alpha value is -2.33. The van der Waals surface area contributed by atoms with Crippen molar-refractivity contribution in [2.24, 2.45) is 0 Å². The number of hydrogen-bond donors (Lipinski definition) is 2. The molecule has 0 fully saturated rings. The number of nitrogens with one attached hydrogen (secondary N) is 2. The molecule has 0 radical (unpaired) electrons. The van der Waals surface area contributed by atoms with E-state index < -0.39 is 0 Å². The third-order valence-electron chi connectivity index (χ3n) is 3.43. The highest BCUT2D eigenvalue weighted by molar-refractivity contribution is 6.04. The fourth-order valence-electron chi connectivity index (χ4n) is 2.34. The van der Waals surface area contributed by atoms with Crippen LogP contribution in [0.25, 0.3) is 0 Å². The molecule has 1 aliphatic rings. The minimum absolute atomic E-state index is 0.104. The lowest BCUT2D eigenvalue weighted by molar-refractivity contribution is 0.102. The summed E-state index contributed by atoms with van der Waals surface area (Å²) in [6, 6.07) is 13.2. The van der Waals surface area contributed by atoms with Gasteiger partial charge < -0.3 is 15.4 Å². The second-order valence-corrected chi connectivity index (χ2v) is 4.77. The van der Waals surface area contributed by atoms with Crippen LogP contribution in [0.5, 0.6) is 5.75 Å². The van der Waals surface area contributed by atoms with Crippen molar-refractivity contribution in [3.05, 3.63) is 59.2 Å². The molecule has 0 spiro atoms. The summed E-state index contributed by atoms with van der Waals surface area (Å²) >= 11 is 0. The van der Waals surface area contributed by atoms with Crippen molar-refractivity contribution >= 4 is 11.6 Å². The quantitative estimate of drug-likeness (QED) is 0.899. The molecule has 3 rings (SSSR count). The summed E-state index contributed by atoms with van der Waals surface area (Å²) in [6.07, 6.45) is 0. The standard InChI is InChI=1S/C16H16N2O2/c1-20-15-4-2-3-14(8-15)18-16(19)11-5-6-12-9-17-10-13(12)7-11/h2-8,17H,9-10H2,1H3,(H,18,19). The molecule has 0 saturated heterocycles. The Kier molecular flexibility index (Phi) is 3.39. The van der Waals surface area contributed by atoms with E-state index in [1.807, 2.05) is 36.4 Å². The van der Waals surface area contributed by atoms with Gasteiger partial charge in [-0.3, -0.25) is 4.79 Å². The summed E-state index contributed by atoms with van der Waals surface area (Å²) in [5, 5.41) is 6.16. The molecule has 1 aliphatic heterocycles. The normalized spacial score (nSPS) is 12.8. The maximum Gasteiger partial charge on any atom is 0.255 e. The van der Waals surface area contributed by atoms with Crippen molar-refractivity contribution in [1.29, 1.82) is 0 Å². The second kappa shape index (κ2) is 5.35. The minimum atomic E-state index is -0.104. The van der Waals surface area contributed by atoms with E-state index in [-0.39, 0.29) is 5.91 Å². The molecule has 0 aromatic heterocycles. The van der Waals surface area contributed by atoms with Crippen molar-refractivity contribution in [2.45, 2.75) is 13.1 Å². The van der Waals surface area contributed by atoms with Crippen LogP contribution >= 0.6 is 0 Å². The second-order valence-electron chi connectivity index (χ2n) is 4.77. The Bertz CT molecular complexity index is 653. The average Bonchev–Trinajstić information content (AvgIpc) is 2.94. The van der Waals surface area contributed by atoms with Crippen molar-refractivity contribution in [3.63, 3.8) is 0 Å². The average molecular weight is 268 g/mol. The Morgan fingerprint density at radius 2 is 2.00 bits per heavy atom. The molecule has 0 aliphatic carbocycles. The predicted octanol–water partition coefficient (Wildman–Crippen LogP) is 2.55. The molecule has 2 N–H and O–H groups in total. The van der Waals surface area contributed by atoms with E-state index in [0.717, 1.165) is 24.5 Å². The van der Waals surface area contributed by atoms with Gasteiger partial charge in [-0.05, 0) is 35.4 Å². The maximum absolute atomic E-state index is 12.2. The first kappa shape index (κ1) is 12.7. The van der Waals surface area contributed by atoms with Crippen LogP contribution in [-0.2, 0) is 13.1 Å². The smallest absolute Gasteiger partial charge is 0.255 e. The molecule has 4 heteroatoms. The van der Waals surface area contributed by atoms with Crippen LogP contribution in [0.2, 0.25) is 0 Å². The van der Waals surface area contributed by atoms with Crippen LogP contribution < -0.4 is 15.4 Å². The van der Waals surface area contributed by atoms with Gasteiger partial charge in [0, 0.05) is 30.4 Å². The van der Waals surface area contributed by atoms with Crippen LogP contribution in [-0.4, -0.2) is 13.0 Å². The van der Waals surface area contributed by atoms with E-state index in [1.54, 1.807) is 13.2 Å². The summed E-state index contributed by atoms with van der Waals surface area (Å²) in [4.78, 5) is 12.2. The Morgan fingerprint density at radius 1 is 1.15 bits per heavy atom. The van der Waals surface area contributed by atoms with Gasteiger partial charge in [-0.25, -0.2) is 0 Å². The molecule has 2 aromatic rings. The highest BCUT2D eigenvalue weighted by atomic mass is 16.5. The Balaban J connectivity index is 1.79. The highest BCUT2D eigenvalue weighted by Gasteiger charge is 2.13. The van der Waals surface area contributed by atoms with Crippen LogP contribution in [0, 0.1) is 0 Å². The number of amides is 1. The number of fused-ring (bicyclic) bond motifs is 1. The zero-order chi connectivity index (χ0) is 13.9. The molecular weight excluding hydrogens is 252 g/mol. The van der Waals surface area contributed by atoms with Gasteiger partial charge in [0.2, 0.25) is 0 Å². The number of carbonyl (C=O) groups is 1. The summed E-state index contributed by atoms with van der Waals surface area (Å²) in [6.45, 7) is 1.71. The van der Waals surface area contributed by atoms with Gasteiger partial charge in [0.15, 0.2) is 0 Å². The van der Waals surface area contributed by atoms with E-state index in [4.69, 9.17) is 4.74 Å². The van der Waals surface area contributed by atoms with Gasteiger partial charge in [-0.15, -0.1) is 0 Å². The van der Waals surface area contributed by atoms with Gasteiger partial charge in [-0.1, -0.05) is 12.1 Å². The van der Waals surface area contributed by atoms with Gasteiger partial charge in [-0.2, -0.15) is 0 Å². The van der Waals surface area contributed by atoms with E-state index in [2.05, 4.69) is 10.6 Å². The number of hydrogen-bond acceptors (Lipinski definition) is 3. The SMILES string of the molecule is COc1cccc(NC(=O)c2ccc3c(c2)CNC3)c1. The summed E-state index contributed by atoms with van der Waals surface area (Å²) < 4.78 is 5.14. The molecule has 4 nitrogen and oxygen atoms in total. The van der Waals surface area contributed by atoms with Crippen molar-refractivity contribution in [3.8, 4) is 5.75 Å². The molecular formula is C16H16N2O2. The van der Waals surface area contributed by atoms with Gasteiger partial charge >= 0.3 is 0 Å². The lowest BCUT2D eigenvalue weighted by atomic mass is 10.1. The molecule has 2 aromatic carbocycles. The lowest BCUT2D eigenvalue weighted by Gasteiger charge is -2.08. The number of ether oxygens (including phenoxy) is 1. The summed E-state index contributed by atoms with van der Waals surface area (Å²) in [7, 11) is 1.61. The first-order chi connectivity index (χ1) is 9.76. The number of methoxy groups -OCH3 is 1. The van der Waals surface area contributed by atoms with Crippen molar-refractivity contribution < 1.29 is 9.53 Å². The third-order valence-corrected chi connectivity index (χ3v) is 3.43. The Morgan fingerprint density at radius 3 is 2.85 bits per heavy atom. The highest BCUT2D eigenvalue weighted by Crippen LogP contribution is 2.20. The van der Waals surface area contributed by atoms with E-state index in [9.17, 15) is 4.79 Å². The minimum Gasteiger partial charge on any atom is -0.497 e. The molecule has 0 atom stereocenters. The first-order valence-electron chi connectivity index (χ1n) is 6.54. The summed E-state index contributed by atoms with van der Waals surface area (Å²) in [5.74, 6) is 0.619. The van der Waals surface area contributed by atoms with Crippen molar-refractivity contribution in [2.75, 3.05) is 12.4 Å². The van der Waals surface area contributed by atoms with Crippen molar-refractivity contribution in [1.82, 2.24) is 5.32 Å². The van der Waals surface area contributed by atoms with Crippen LogP contribution in [0.15, 0.2) is 42.5 Å². The molecule has 20 heavy (non-hydrogen) atoms. The number of anilines is 1. The van der Waals surface area contributed by atoms with Crippen LogP contribution in [0.1, 0.15) is 21.5 Å². The lowest BCUT2D eigenvalue weighted by Crippen LogP contribution is -2.12. The molecule has 0 saturated carbocycles. The molecule has 0 unspecified atom stereocenters. The fourth-order valence-corrected chi connectivity index (χ4v) is 2.34. The maximum atomic E-state index is 12.2. The van der Waals surface area contributed by atoms with Gasteiger partial charge in [0.1, 0.15) is 5.75 Å². The number of rotatable bonds is 3. The first-order valence-corrected chi connectivity index (χ1v) is 6.54. The number of carbonyl (C=O) groups excluding carboxylic acids is 1. The monoisotopic (exact) mass is 268 g/mol. The van der Waals surface area contributed by atoms with E-state index >= 15 is 0 Å². The molecule has 1 heterocycles. The van der Waals surface area contributed by atoms with Gasteiger partial charge in [0.25, 0.3) is 5.91 Å². The summed E-state index contributed by atoms with van der Waals surface area (Å²) in [5.41, 5.74) is 3.87. The van der Waals surface area contributed by atoms with Crippen LogP contribution in [0.4, 0.5) is 5.69 Å². The zero-order valence-electron chi connectivity index (χ0n) is 11.3. The molecule has 0 bridgehead atoms. The van der Waals surface area contributed by atoms with Gasteiger partial charge in [0.05, 0.1) is 7.11 Å². The molecule has 1 amide bonds. The topological polar surface area (TPSA) is 50.4 Å². The fraction of sp³-hybridized carbons (Fsp3) is 0.188. The van der Waals surface area contributed by atoms with E-state index in [1.165, 1.54) is 11.1 Å². The van der Waals surface area contributed by atoms with E-state index in [0.29, 0.717) is 5.56 Å². The number of benzene rings is 2. The molecule has 102 valence electrons. The predicted molar refractivity (Wildman–Crippen MR) is 77.9 cm³/mol. The van der Waals surface area contributed by atoms with Crippen LogP contribution in [0.3, 0.4) is 0 Å². The Labute approximate surface area is 117 Å². The zero-order valence-corrected chi connectivity index (χ0v) is 11.3. The third kappa shape index (κ3) is 2.51. The largest absolute Gasteiger partial charge is 0.497 e.